The molecular weight excluding hydrogens is 601 g/mol. The summed E-state index contributed by atoms with van der Waals surface area (Å²) in [5, 5.41) is 13.4. The van der Waals surface area contributed by atoms with E-state index in [0.29, 0.717) is 28.7 Å². The van der Waals surface area contributed by atoms with Gasteiger partial charge < -0.3 is 25.8 Å². The molecule has 5 rings (SSSR count). The van der Waals surface area contributed by atoms with Crippen molar-refractivity contribution in [2.24, 2.45) is 5.92 Å². The van der Waals surface area contributed by atoms with Gasteiger partial charge in [-0.1, -0.05) is 44.2 Å². The zero-order chi connectivity index (χ0) is 31.2. The van der Waals surface area contributed by atoms with Crippen LogP contribution in [0.4, 0.5) is 0 Å². The Labute approximate surface area is 262 Å². The number of hydrogen-bond donors (Lipinski definition) is 4. The molecule has 0 saturated carbocycles. The number of H-pyrrole nitrogens is 1. The molecule has 14 heteroatoms. The molecule has 44 heavy (non-hydrogen) atoms. The SMILES string of the molecule is Cc1ncc(C(=O)N2CCCNC(=O)c3csc(n3)[C@H](C(C)C)NC(=O)c3csc(n3)[C@H](Cc3ccccc3)NC(=O)C2)[nH]1. The largest absolute Gasteiger partial charge is 0.351 e. The predicted octanol–water partition coefficient (Wildman–Crippen LogP) is 3.43. The molecule has 1 aromatic carbocycles. The van der Waals surface area contributed by atoms with Crippen LogP contribution >= 0.6 is 22.7 Å². The molecule has 4 amide bonds. The molecule has 0 saturated heterocycles. The minimum Gasteiger partial charge on any atom is -0.351 e. The molecule has 1 aliphatic rings. The van der Waals surface area contributed by atoms with Crippen LogP contribution in [0, 0.1) is 12.8 Å². The van der Waals surface area contributed by atoms with Gasteiger partial charge in [0.1, 0.15) is 32.9 Å². The van der Waals surface area contributed by atoms with E-state index in [-0.39, 0.29) is 66.3 Å². The van der Waals surface area contributed by atoms with Crippen molar-refractivity contribution in [3.63, 3.8) is 0 Å². The Balaban J connectivity index is 1.47. The fourth-order valence-electron chi connectivity index (χ4n) is 4.79. The smallest absolute Gasteiger partial charge is 0.272 e. The Morgan fingerprint density at radius 2 is 1.70 bits per heavy atom. The number of aromatic amines is 1. The lowest BCUT2D eigenvalue weighted by atomic mass is 10.0. The summed E-state index contributed by atoms with van der Waals surface area (Å²) in [7, 11) is 0. The van der Waals surface area contributed by atoms with Gasteiger partial charge in [-0.3, -0.25) is 19.2 Å². The zero-order valence-electron chi connectivity index (χ0n) is 24.6. The van der Waals surface area contributed by atoms with Crippen LogP contribution in [0.5, 0.6) is 0 Å². The lowest BCUT2D eigenvalue weighted by Gasteiger charge is -2.24. The number of amides is 4. The van der Waals surface area contributed by atoms with Crippen LogP contribution in [-0.2, 0) is 11.2 Å². The number of carbonyl (C=O) groups is 4. The topological polar surface area (TPSA) is 162 Å². The maximum absolute atomic E-state index is 13.5. The van der Waals surface area contributed by atoms with Crippen LogP contribution in [0.15, 0.2) is 47.3 Å². The number of nitrogens with one attached hydrogen (secondary N) is 4. The maximum Gasteiger partial charge on any atom is 0.272 e. The Morgan fingerprint density at radius 1 is 1.00 bits per heavy atom. The molecular formula is C30H34N8O4S2. The summed E-state index contributed by atoms with van der Waals surface area (Å²) < 4.78 is 0. The van der Waals surface area contributed by atoms with Gasteiger partial charge in [0.05, 0.1) is 24.8 Å². The fourth-order valence-corrected chi connectivity index (χ4v) is 6.66. The number of nitrogens with zero attached hydrogens (tertiary/aromatic N) is 4. The fraction of sp³-hybridized carbons (Fsp3) is 0.367. The first-order chi connectivity index (χ1) is 21.2. The van der Waals surface area contributed by atoms with Gasteiger partial charge in [0.15, 0.2) is 0 Å². The first-order valence-corrected chi connectivity index (χ1v) is 16.1. The number of carbonyl (C=O) groups excluding carboxylic acids is 4. The summed E-state index contributed by atoms with van der Waals surface area (Å²) in [4.78, 5) is 70.7. The Hall–Kier alpha value is -4.43. The second kappa shape index (κ2) is 13.9. The maximum atomic E-state index is 13.5. The van der Waals surface area contributed by atoms with E-state index in [1.54, 1.807) is 17.7 Å². The van der Waals surface area contributed by atoms with Crippen LogP contribution < -0.4 is 16.0 Å². The Bertz CT molecular complexity index is 1630. The summed E-state index contributed by atoms with van der Waals surface area (Å²) in [5.74, 6) is -0.909. The van der Waals surface area contributed by atoms with Crippen LogP contribution in [-0.4, -0.2) is 68.1 Å². The lowest BCUT2D eigenvalue weighted by molar-refractivity contribution is -0.122. The van der Waals surface area contributed by atoms with Gasteiger partial charge >= 0.3 is 0 Å². The number of benzene rings is 1. The van der Waals surface area contributed by atoms with Crippen molar-refractivity contribution in [2.45, 2.75) is 45.7 Å². The molecule has 3 aromatic heterocycles. The number of aryl methyl sites for hydroxylation is 1. The molecule has 4 aromatic rings. The average Bonchev–Trinajstić information content (AvgIpc) is 3.78. The van der Waals surface area contributed by atoms with Gasteiger partial charge in [-0.15, -0.1) is 22.7 Å². The van der Waals surface area contributed by atoms with Gasteiger partial charge in [-0.05, 0) is 31.2 Å². The highest BCUT2D eigenvalue weighted by molar-refractivity contribution is 7.10. The van der Waals surface area contributed by atoms with E-state index in [0.717, 1.165) is 5.56 Å². The quantitative estimate of drug-likeness (QED) is 0.267. The molecule has 0 aliphatic carbocycles. The van der Waals surface area contributed by atoms with Crippen LogP contribution in [0.3, 0.4) is 0 Å². The summed E-state index contributed by atoms with van der Waals surface area (Å²) in [5.41, 5.74) is 1.72. The third-order valence-corrected chi connectivity index (χ3v) is 8.98. The molecule has 12 nitrogen and oxygen atoms in total. The van der Waals surface area contributed by atoms with Crippen molar-refractivity contribution >= 4 is 46.3 Å². The van der Waals surface area contributed by atoms with E-state index in [4.69, 9.17) is 0 Å². The van der Waals surface area contributed by atoms with Gasteiger partial charge in [-0.25, -0.2) is 15.0 Å². The molecule has 1 aliphatic heterocycles. The van der Waals surface area contributed by atoms with E-state index < -0.39 is 12.1 Å². The standard InChI is InChI=1S/C30H34N8O4S2/c1-17(2)25-29-36-22(15-44-29)26(40)31-10-7-11-38(30(42)21-13-32-18(3)33-21)14-24(39)34-20(12-19-8-5-4-6-9-19)28-35-23(16-43-28)27(41)37-25/h4-6,8-9,13,15-17,20,25H,7,10-12,14H2,1-3H3,(H,31,40)(H,32,33)(H,34,39)(H,37,41)/t20-,25-/m0/s1. The van der Waals surface area contributed by atoms with Crippen molar-refractivity contribution in [1.82, 2.24) is 40.8 Å². The molecule has 2 atom stereocenters. The predicted molar refractivity (Wildman–Crippen MR) is 166 cm³/mol. The van der Waals surface area contributed by atoms with Gasteiger partial charge in [0.25, 0.3) is 17.7 Å². The van der Waals surface area contributed by atoms with E-state index >= 15 is 0 Å². The third kappa shape index (κ3) is 7.55. The Morgan fingerprint density at radius 3 is 2.41 bits per heavy atom. The minimum atomic E-state index is -0.536. The van der Waals surface area contributed by atoms with Crippen molar-refractivity contribution < 1.29 is 19.2 Å². The number of aromatic nitrogens is 4. The highest BCUT2D eigenvalue weighted by atomic mass is 32.1. The van der Waals surface area contributed by atoms with Crippen molar-refractivity contribution in [3.8, 4) is 0 Å². The highest BCUT2D eigenvalue weighted by Crippen LogP contribution is 2.27. The van der Waals surface area contributed by atoms with Crippen molar-refractivity contribution in [1.29, 1.82) is 0 Å². The Kier molecular flexibility index (Phi) is 9.80. The molecule has 0 radical (unpaired) electrons. The average molecular weight is 635 g/mol. The molecule has 4 heterocycles. The first kappa shape index (κ1) is 31.0. The summed E-state index contributed by atoms with van der Waals surface area (Å²) in [6, 6.07) is 8.72. The highest BCUT2D eigenvalue weighted by Gasteiger charge is 2.28. The molecule has 4 bridgehead atoms. The zero-order valence-corrected chi connectivity index (χ0v) is 26.3. The second-order valence-corrected chi connectivity index (χ2v) is 12.6. The van der Waals surface area contributed by atoms with Crippen LogP contribution in [0.2, 0.25) is 0 Å². The number of hydrogen-bond acceptors (Lipinski definition) is 9. The van der Waals surface area contributed by atoms with Crippen molar-refractivity contribution in [2.75, 3.05) is 19.6 Å². The van der Waals surface area contributed by atoms with Gasteiger partial charge in [0.2, 0.25) is 5.91 Å². The molecule has 0 fully saturated rings. The van der Waals surface area contributed by atoms with Crippen LogP contribution in [0.1, 0.15) is 85.2 Å². The number of imidazole rings is 1. The summed E-state index contributed by atoms with van der Waals surface area (Å²) in [6.07, 6.45) is 2.29. The van der Waals surface area contributed by atoms with E-state index in [9.17, 15) is 19.2 Å². The van der Waals surface area contributed by atoms with E-state index in [1.807, 2.05) is 44.2 Å². The van der Waals surface area contributed by atoms with E-state index in [2.05, 4.69) is 35.9 Å². The van der Waals surface area contributed by atoms with Gasteiger partial charge in [0, 0.05) is 23.8 Å². The molecule has 4 N–H and O–H groups in total. The third-order valence-electron chi connectivity index (χ3n) is 7.09. The van der Waals surface area contributed by atoms with Gasteiger partial charge in [-0.2, -0.15) is 0 Å². The molecule has 230 valence electrons. The minimum absolute atomic E-state index is 0.000484. The number of thiazole rings is 2. The lowest BCUT2D eigenvalue weighted by Crippen LogP contribution is -2.43. The normalized spacial score (nSPS) is 18.5. The second-order valence-electron chi connectivity index (χ2n) is 10.9. The number of fused-ring (bicyclic) bond motifs is 4. The summed E-state index contributed by atoms with van der Waals surface area (Å²) >= 11 is 2.59. The van der Waals surface area contributed by atoms with E-state index in [1.165, 1.54) is 33.8 Å². The van der Waals surface area contributed by atoms with Crippen LogP contribution in [0.25, 0.3) is 0 Å². The molecule has 0 unspecified atom stereocenters. The van der Waals surface area contributed by atoms with Crippen molar-refractivity contribution in [3.05, 3.63) is 85.8 Å². The number of rotatable bonds is 4. The summed E-state index contributed by atoms with van der Waals surface area (Å²) in [6.45, 7) is 5.94. The molecule has 0 spiro atoms. The first-order valence-electron chi connectivity index (χ1n) is 14.3. The monoisotopic (exact) mass is 634 g/mol.